The van der Waals surface area contributed by atoms with Crippen molar-refractivity contribution >= 4 is 21.5 Å². The molecular formula is C36H35NO2. The summed E-state index contributed by atoms with van der Waals surface area (Å²) in [6, 6.07) is 32.5. The SMILES string of the molecule is C=C/C=C(\CCC)CN[C@H](C)c1ccccc1Oc1ccc2ccccc2c1-c1c(O)ccc2ccccc12. The van der Waals surface area contributed by atoms with Crippen molar-refractivity contribution in [1.82, 2.24) is 5.32 Å². The van der Waals surface area contributed by atoms with Crippen LogP contribution in [0.25, 0.3) is 32.7 Å². The van der Waals surface area contributed by atoms with Crippen LogP contribution in [0.1, 0.15) is 38.3 Å². The van der Waals surface area contributed by atoms with Crippen LogP contribution in [0.2, 0.25) is 0 Å². The van der Waals surface area contributed by atoms with E-state index in [2.05, 4.69) is 68.2 Å². The van der Waals surface area contributed by atoms with Gasteiger partial charge in [0.1, 0.15) is 17.2 Å². The van der Waals surface area contributed by atoms with Crippen LogP contribution in [0, 0.1) is 0 Å². The number of nitrogens with one attached hydrogen (secondary N) is 1. The van der Waals surface area contributed by atoms with Crippen molar-refractivity contribution in [2.45, 2.75) is 32.7 Å². The van der Waals surface area contributed by atoms with Gasteiger partial charge in [-0.3, -0.25) is 0 Å². The fraction of sp³-hybridized carbons (Fsp3) is 0.167. The van der Waals surface area contributed by atoms with Crippen molar-refractivity contribution in [2.75, 3.05) is 6.54 Å². The normalized spacial score (nSPS) is 12.5. The van der Waals surface area contributed by atoms with Crippen LogP contribution in [0.5, 0.6) is 17.2 Å². The molecule has 0 aliphatic heterocycles. The van der Waals surface area contributed by atoms with Crippen LogP contribution in [0.15, 0.2) is 121 Å². The van der Waals surface area contributed by atoms with Gasteiger partial charge in [0.05, 0.1) is 0 Å². The first kappa shape index (κ1) is 26.3. The van der Waals surface area contributed by atoms with Crippen LogP contribution in [-0.4, -0.2) is 11.7 Å². The minimum absolute atomic E-state index is 0.0705. The first-order valence-corrected chi connectivity index (χ1v) is 13.6. The highest BCUT2D eigenvalue weighted by atomic mass is 16.5. The molecule has 0 unspecified atom stereocenters. The molecule has 39 heavy (non-hydrogen) atoms. The molecule has 2 N–H and O–H groups in total. The molecule has 0 fully saturated rings. The predicted octanol–water partition coefficient (Wildman–Crippen LogP) is 9.72. The maximum Gasteiger partial charge on any atom is 0.136 e. The summed E-state index contributed by atoms with van der Waals surface area (Å²) >= 11 is 0. The second-order valence-electron chi connectivity index (χ2n) is 9.89. The van der Waals surface area contributed by atoms with Crippen LogP contribution in [0.3, 0.4) is 0 Å². The van der Waals surface area contributed by atoms with Crippen molar-refractivity contribution < 1.29 is 9.84 Å². The number of hydrogen-bond acceptors (Lipinski definition) is 3. The standard InChI is InChI=1S/C36H35NO2/c1-4-12-26(13-5-2)24-37-25(3)29-16-10-11-19-33(29)39-34-23-21-28-15-7-9-18-31(28)36(34)35-30-17-8-6-14-27(30)20-22-32(35)38/h4,6-12,14-23,25,37-38H,1,5,13,24H2,2-3H3/b26-12+/t25-/m1/s1. The number of benzene rings is 5. The molecule has 196 valence electrons. The third kappa shape index (κ3) is 5.59. The number of phenols is 1. The zero-order chi connectivity index (χ0) is 27.2. The summed E-state index contributed by atoms with van der Waals surface area (Å²) < 4.78 is 6.75. The molecule has 5 aromatic carbocycles. The van der Waals surface area contributed by atoms with E-state index in [0.717, 1.165) is 63.4 Å². The molecule has 1 atom stereocenters. The molecule has 0 heterocycles. The lowest BCUT2D eigenvalue weighted by atomic mass is 9.92. The monoisotopic (exact) mass is 513 g/mol. The third-order valence-corrected chi connectivity index (χ3v) is 7.21. The van der Waals surface area contributed by atoms with E-state index < -0.39 is 0 Å². The number of allylic oxidation sites excluding steroid dienone is 2. The maximum absolute atomic E-state index is 11.2. The molecule has 0 bridgehead atoms. The number of fused-ring (bicyclic) bond motifs is 2. The average Bonchev–Trinajstić information content (AvgIpc) is 2.96. The van der Waals surface area contributed by atoms with E-state index in [4.69, 9.17) is 4.74 Å². The number of phenolic OH excluding ortho intramolecular Hbond substituents is 1. The molecule has 0 aliphatic carbocycles. The van der Waals surface area contributed by atoms with Crippen molar-refractivity contribution in [1.29, 1.82) is 0 Å². The van der Waals surface area contributed by atoms with Gasteiger partial charge in [0.2, 0.25) is 0 Å². The summed E-state index contributed by atoms with van der Waals surface area (Å²) in [5.74, 6) is 1.73. The third-order valence-electron chi connectivity index (χ3n) is 7.21. The Kier molecular flexibility index (Phi) is 8.10. The van der Waals surface area contributed by atoms with E-state index in [-0.39, 0.29) is 11.8 Å². The second-order valence-corrected chi connectivity index (χ2v) is 9.89. The summed E-state index contributed by atoms with van der Waals surface area (Å²) in [7, 11) is 0. The van der Waals surface area contributed by atoms with Crippen LogP contribution in [-0.2, 0) is 0 Å². The quantitative estimate of drug-likeness (QED) is 0.183. The summed E-state index contributed by atoms with van der Waals surface area (Å²) in [5, 5.41) is 19.0. The Bertz CT molecular complexity index is 1650. The highest BCUT2D eigenvalue weighted by Gasteiger charge is 2.20. The molecule has 0 aromatic heterocycles. The minimum atomic E-state index is 0.0705. The Labute approximate surface area is 231 Å². The first-order chi connectivity index (χ1) is 19.1. The van der Waals surface area contributed by atoms with Crippen molar-refractivity contribution in [3.8, 4) is 28.4 Å². The fourth-order valence-electron chi connectivity index (χ4n) is 5.28. The van der Waals surface area contributed by atoms with E-state index in [9.17, 15) is 5.11 Å². The molecule has 0 spiro atoms. The van der Waals surface area contributed by atoms with Gasteiger partial charge in [-0.2, -0.15) is 0 Å². The van der Waals surface area contributed by atoms with E-state index in [0.29, 0.717) is 5.75 Å². The maximum atomic E-state index is 11.2. The molecule has 3 heteroatoms. The zero-order valence-electron chi connectivity index (χ0n) is 22.7. The highest BCUT2D eigenvalue weighted by Crippen LogP contribution is 2.46. The smallest absolute Gasteiger partial charge is 0.136 e. The molecule has 5 aromatic rings. The van der Waals surface area contributed by atoms with Gasteiger partial charge in [-0.1, -0.05) is 117 Å². The summed E-state index contributed by atoms with van der Waals surface area (Å²) in [5.41, 5.74) is 4.08. The fourth-order valence-corrected chi connectivity index (χ4v) is 5.28. The Morgan fingerprint density at radius 1 is 0.821 bits per heavy atom. The van der Waals surface area contributed by atoms with Crippen molar-refractivity contribution in [3.05, 3.63) is 127 Å². The Hall–Kier alpha value is -4.34. The predicted molar refractivity (Wildman–Crippen MR) is 165 cm³/mol. The molecule has 0 saturated carbocycles. The first-order valence-electron chi connectivity index (χ1n) is 13.6. The summed E-state index contributed by atoms with van der Waals surface area (Å²) in [6.45, 7) is 9.02. The van der Waals surface area contributed by atoms with Gasteiger partial charge in [-0.15, -0.1) is 0 Å². The number of aromatic hydroxyl groups is 1. The van der Waals surface area contributed by atoms with Gasteiger partial charge in [-0.05, 0) is 53.1 Å². The van der Waals surface area contributed by atoms with E-state index >= 15 is 0 Å². The number of hydrogen-bond donors (Lipinski definition) is 2. The van der Waals surface area contributed by atoms with Gasteiger partial charge in [0, 0.05) is 29.3 Å². The molecule has 5 rings (SSSR count). The van der Waals surface area contributed by atoms with Crippen LogP contribution < -0.4 is 10.1 Å². The Morgan fingerprint density at radius 3 is 2.18 bits per heavy atom. The Balaban J connectivity index is 1.59. The molecular weight excluding hydrogens is 478 g/mol. The Morgan fingerprint density at radius 2 is 1.46 bits per heavy atom. The second kappa shape index (κ2) is 12.0. The highest BCUT2D eigenvalue weighted by molar-refractivity contribution is 6.09. The molecule has 3 nitrogen and oxygen atoms in total. The number of ether oxygens (including phenoxy) is 1. The largest absolute Gasteiger partial charge is 0.507 e. The molecule has 0 saturated heterocycles. The number of para-hydroxylation sites is 1. The minimum Gasteiger partial charge on any atom is -0.507 e. The van der Waals surface area contributed by atoms with Crippen molar-refractivity contribution in [2.24, 2.45) is 0 Å². The number of rotatable bonds is 10. The lowest BCUT2D eigenvalue weighted by Crippen LogP contribution is -2.21. The molecule has 0 aliphatic rings. The topological polar surface area (TPSA) is 41.5 Å². The summed E-state index contributed by atoms with van der Waals surface area (Å²) in [6.07, 6.45) is 6.10. The average molecular weight is 514 g/mol. The molecule has 0 amide bonds. The van der Waals surface area contributed by atoms with E-state index in [1.54, 1.807) is 6.07 Å². The van der Waals surface area contributed by atoms with E-state index in [1.165, 1.54) is 5.57 Å². The van der Waals surface area contributed by atoms with Crippen LogP contribution >= 0.6 is 0 Å². The van der Waals surface area contributed by atoms with Crippen molar-refractivity contribution in [3.63, 3.8) is 0 Å². The van der Waals surface area contributed by atoms with Crippen LogP contribution in [0.4, 0.5) is 0 Å². The summed E-state index contributed by atoms with van der Waals surface area (Å²) in [4.78, 5) is 0. The van der Waals surface area contributed by atoms with E-state index in [1.807, 2.05) is 60.7 Å². The van der Waals surface area contributed by atoms with Gasteiger partial charge in [0.15, 0.2) is 0 Å². The lowest BCUT2D eigenvalue weighted by Gasteiger charge is -2.21. The van der Waals surface area contributed by atoms with Gasteiger partial charge >= 0.3 is 0 Å². The van der Waals surface area contributed by atoms with Gasteiger partial charge in [0.25, 0.3) is 0 Å². The van der Waals surface area contributed by atoms with Gasteiger partial charge < -0.3 is 15.2 Å². The zero-order valence-corrected chi connectivity index (χ0v) is 22.7. The van der Waals surface area contributed by atoms with Gasteiger partial charge in [-0.25, -0.2) is 0 Å². The molecule has 0 radical (unpaired) electrons. The lowest BCUT2D eigenvalue weighted by molar-refractivity contribution is 0.462.